The van der Waals surface area contributed by atoms with E-state index in [2.05, 4.69) is 39.3 Å². The molecule has 0 aromatic heterocycles. The molecule has 0 saturated carbocycles. The average Bonchev–Trinajstić information content (AvgIpc) is 2.63. The van der Waals surface area contributed by atoms with Gasteiger partial charge in [-0.25, -0.2) is 4.79 Å². The van der Waals surface area contributed by atoms with Gasteiger partial charge < -0.3 is 14.9 Å². The Morgan fingerprint density at radius 1 is 0.857 bits per heavy atom. The van der Waals surface area contributed by atoms with Gasteiger partial charge in [-0.3, -0.25) is 0 Å². The lowest BCUT2D eigenvalue weighted by molar-refractivity contribution is 0.0603. The number of aliphatic hydroxyl groups excluding tert-OH is 2. The van der Waals surface area contributed by atoms with Crippen LogP contribution in [0.3, 0.4) is 0 Å². The Morgan fingerprint density at radius 2 is 1.32 bits per heavy atom. The first-order valence-corrected chi connectivity index (χ1v) is 16.6. The van der Waals surface area contributed by atoms with Gasteiger partial charge in [0.1, 0.15) is 0 Å². The van der Waals surface area contributed by atoms with Crippen LogP contribution in [0, 0.1) is 0 Å². The van der Waals surface area contributed by atoms with Crippen molar-refractivity contribution in [2.75, 3.05) is 7.11 Å². The molecule has 0 aliphatic heterocycles. The summed E-state index contributed by atoms with van der Waals surface area (Å²) in [6, 6.07) is 9.86. The van der Waals surface area contributed by atoms with Gasteiger partial charge >= 0.3 is 5.97 Å². The van der Waals surface area contributed by atoms with Crippen molar-refractivity contribution in [2.45, 2.75) is 52.5 Å². The predicted molar refractivity (Wildman–Crippen MR) is 121 cm³/mol. The highest BCUT2D eigenvalue weighted by atomic mass is 28.3. The minimum atomic E-state index is -2.07. The van der Waals surface area contributed by atoms with Crippen LogP contribution in [0.1, 0.15) is 21.5 Å². The molecule has 0 aliphatic carbocycles. The summed E-state index contributed by atoms with van der Waals surface area (Å²) < 4.78 is 5.23. The van der Waals surface area contributed by atoms with Crippen LogP contribution in [0.5, 0.6) is 0 Å². The van der Waals surface area contributed by atoms with Crippen LogP contribution < -0.4 is 10.4 Å². The molecule has 2 N–H and O–H groups in total. The van der Waals surface area contributed by atoms with Gasteiger partial charge in [-0.05, 0) is 32.6 Å². The fourth-order valence-corrected chi connectivity index (χ4v) is 8.32. The van der Waals surface area contributed by atoms with Gasteiger partial charge in [0.2, 0.25) is 0 Å². The van der Waals surface area contributed by atoms with E-state index in [1.54, 1.807) is 0 Å². The van der Waals surface area contributed by atoms with E-state index in [0.29, 0.717) is 11.1 Å². The lowest BCUT2D eigenvalue weighted by atomic mass is 9.93. The van der Waals surface area contributed by atoms with E-state index in [0.717, 1.165) is 27.1 Å². The number of hydrogen-bond donors (Lipinski definition) is 2. The van der Waals surface area contributed by atoms with Crippen LogP contribution in [0.4, 0.5) is 0 Å². The lowest BCUT2D eigenvalue weighted by Gasteiger charge is -2.34. The molecule has 152 valence electrons. The summed E-state index contributed by atoms with van der Waals surface area (Å²) in [7, 11) is -2.68. The van der Waals surface area contributed by atoms with Crippen molar-refractivity contribution in [1.29, 1.82) is 0 Å². The number of methoxy groups -OCH3 is 1. The number of aliphatic hydroxyl groups is 2. The third-order valence-electron chi connectivity index (χ3n) is 4.99. The molecule has 2 rings (SSSR count). The Hall–Kier alpha value is -1.74. The fourth-order valence-electron chi connectivity index (χ4n) is 4.06. The molecule has 2 aromatic rings. The van der Waals surface area contributed by atoms with Gasteiger partial charge in [0, 0.05) is 0 Å². The predicted octanol–water partition coefficient (Wildman–Crippen LogP) is 3.22. The summed E-state index contributed by atoms with van der Waals surface area (Å²) in [4.78, 5) is 13.1. The van der Waals surface area contributed by atoms with Gasteiger partial charge in [0.05, 0.1) is 42.0 Å². The molecule has 6 heteroatoms. The summed E-state index contributed by atoms with van der Waals surface area (Å²) >= 11 is 0. The van der Waals surface area contributed by atoms with Crippen LogP contribution >= 0.6 is 0 Å². The standard InChI is InChI=1S/C22H32O4Si2/c1-26-22(25)19-18(15-11-9-8-10-12-15)20(27(2,3)4)16(13-23)17(14-24)21(19)28(5,6)7/h8-12,23-24H,13-14H2,1-7H3. The number of benzene rings is 2. The number of ether oxygens (including phenoxy) is 1. The maximum absolute atomic E-state index is 13.1. The van der Waals surface area contributed by atoms with Crippen molar-refractivity contribution >= 4 is 32.5 Å². The molecular weight excluding hydrogens is 384 g/mol. The van der Waals surface area contributed by atoms with E-state index >= 15 is 0 Å². The van der Waals surface area contributed by atoms with E-state index in [-0.39, 0.29) is 19.2 Å². The first kappa shape index (κ1) is 22.6. The van der Waals surface area contributed by atoms with Crippen molar-refractivity contribution in [3.05, 3.63) is 47.0 Å². The van der Waals surface area contributed by atoms with E-state index in [4.69, 9.17) is 4.74 Å². The maximum atomic E-state index is 13.1. The minimum absolute atomic E-state index is 0.158. The summed E-state index contributed by atoms with van der Waals surface area (Å²) in [6.45, 7) is 12.7. The van der Waals surface area contributed by atoms with Crippen molar-refractivity contribution < 1.29 is 19.7 Å². The van der Waals surface area contributed by atoms with E-state index in [1.807, 2.05) is 30.3 Å². The van der Waals surface area contributed by atoms with Gasteiger partial charge in [-0.15, -0.1) is 0 Å². The summed E-state index contributed by atoms with van der Waals surface area (Å²) in [5, 5.41) is 22.6. The first-order chi connectivity index (χ1) is 13.0. The SMILES string of the molecule is COC(=O)c1c(-c2ccccc2)c([Si](C)(C)C)c(CO)c(CO)c1[Si](C)(C)C. The van der Waals surface area contributed by atoms with Crippen LogP contribution in [-0.4, -0.2) is 39.4 Å². The first-order valence-electron chi connectivity index (χ1n) is 9.57. The molecule has 2 aromatic carbocycles. The third kappa shape index (κ3) is 4.15. The van der Waals surface area contributed by atoms with Gasteiger partial charge in [0.25, 0.3) is 0 Å². The molecule has 0 spiro atoms. The summed E-state index contributed by atoms with van der Waals surface area (Å²) in [6.07, 6.45) is 0. The summed E-state index contributed by atoms with van der Waals surface area (Å²) in [5.41, 5.74) is 3.86. The Bertz CT molecular complexity index is 863. The Morgan fingerprint density at radius 3 is 1.71 bits per heavy atom. The van der Waals surface area contributed by atoms with Crippen molar-refractivity contribution in [2.24, 2.45) is 0 Å². The monoisotopic (exact) mass is 416 g/mol. The number of carbonyl (C=O) groups excluding carboxylic acids is 1. The second kappa shape index (κ2) is 8.33. The van der Waals surface area contributed by atoms with Crippen molar-refractivity contribution in [3.8, 4) is 11.1 Å². The average molecular weight is 417 g/mol. The number of hydrogen-bond acceptors (Lipinski definition) is 4. The number of rotatable bonds is 6. The Kier molecular flexibility index (Phi) is 6.71. The van der Waals surface area contributed by atoms with Crippen LogP contribution in [0.15, 0.2) is 30.3 Å². The molecule has 0 amide bonds. The van der Waals surface area contributed by atoms with Gasteiger partial charge in [0.15, 0.2) is 0 Å². The van der Waals surface area contributed by atoms with Gasteiger partial charge in [-0.2, -0.15) is 0 Å². The molecule has 4 nitrogen and oxygen atoms in total. The van der Waals surface area contributed by atoms with E-state index in [1.165, 1.54) is 7.11 Å². The molecule has 28 heavy (non-hydrogen) atoms. The normalized spacial score (nSPS) is 12.2. The topological polar surface area (TPSA) is 66.8 Å². The number of esters is 1. The number of carbonyl (C=O) groups is 1. The zero-order valence-electron chi connectivity index (χ0n) is 18.0. The van der Waals surface area contributed by atoms with Crippen LogP contribution in [0.25, 0.3) is 11.1 Å². The smallest absolute Gasteiger partial charge is 0.338 e. The molecule has 0 bridgehead atoms. The minimum Gasteiger partial charge on any atom is -0.465 e. The molecule has 0 fully saturated rings. The van der Waals surface area contributed by atoms with Crippen LogP contribution in [0.2, 0.25) is 39.3 Å². The maximum Gasteiger partial charge on any atom is 0.338 e. The zero-order chi connectivity index (χ0) is 21.3. The molecule has 0 unspecified atom stereocenters. The Labute approximate surface area is 170 Å². The molecule has 0 radical (unpaired) electrons. The second-order valence-electron chi connectivity index (χ2n) is 9.13. The summed E-state index contributed by atoms with van der Waals surface area (Å²) in [5.74, 6) is -0.380. The quantitative estimate of drug-likeness (QED) is 0.560. The molecule has 0 saturated heterocycles. The highest BCUT2D eigenvalue weighted by molar-refractivity contribution is 6.92. The zero-order valence-corrected chi connectivity index (χ0v) is 20.0. The van der Waals surface area contributed by atoms with Crippen molar-refractivity contribution in [1.82, 2.24) is 0 Å². The fraction of sp³-hybridized carbons (Fsp3) is 0.409. The molecular formula is C22H32O4Si2. The largest absolute Gasteiger partial charge is 0.465 e. The van der Waals surface area contributed by atoms with Gasteiger partial charge in [-0.1, -0.05) is 69.6 Å². The third-order valence-corrected chi connectivity index (χ3v) is 9.09. The van der Waals surface area contributed by atoms with E-state index < -0.39 is 16.1 Å². The lowest BCUT2D eigenvalue weighted by Crippen LogP contribution is -2.51. The van der Waals surface area contributed by atoms with E-state index in [9.17, 15) is 15.0 Å². The molecule has 0 aliphatic rings. The molecule has 0 heterocycles. The highest BCUT2D eigenvalue weighted by Crippen LogP contribution is 2.30. The van der Waals surface area contributed by atoms with Crippen molar-refractivity contribution in [3.63, 3.8) is 0 Å². The highest BCUT2D eigenvalue weighted by Gasteiger charge is 2.37. The Balaban J connectivity index is 3.25. The second-order valence-corrected chi connectivity index (χ2v) is 19.1. The molecule has 0 atom stereocenters. The van der Waals surface area contributed by atoms with Crippen LogP contribution in [-0.2, 0) is 18.0 Å².